The molecule has 0 radical (unpaired) electrons. The number of rotatable bonds is 6. The molecule has 0 amide bonds. The predicted octanol–water partition coefficient (Wildman–Crippen LogP) is 2.72. The molecule has 0 heterocycles. The van der Waals surface area contributed by atoms with Gasteiger partial charge in [-0.05, 0) is 32.5 Å². The van der Waals surface area contributed by atoms with Crippen LogP contribution in [0, 0.1) is 0 Å². The van der Waals surface area contributed by atoms with E-state index in [2.05, 4.69) is 25.3 Å². The van der Waals surface area contributed by atoms with E-state index in [-0.39, 0.29) is 12.4 Å². The lowest BCUT2D eigenvalue weighted by atomic mass is 10.3. The van der Waals surface area contributed by atoms with Gasteiger partial charge in [0.15, 0.2) is 0 Å². The molecule has 0 aliphatic heterocycles. The van der Waals surface area contributed by atoms with E-state index in [0.717, 1.165) is 6.42 Å². The Kier molecular flexibility index (Phi) is 12.3. The molecule has 0 spiro atoms. The van der Waals surface area contributed by atoms with Gasteiger partial charge >= 0.3 is 0 Å². The van der Waals surface area contributed by atoms with Crippen molar-refractivity contribution in [2.45, 2.75) is 26.7 Å². The first-order chi connectivity index (χ1) is 4.85. The van der Waals surface area contributed by atoms with Crippen LogP contribution in [0.4, 0.5) is 0 Å². The summed E-state index contributed by atoms with van der Waals surface area (Å²) in [5.41, 5.74) is 0. The van der Waals surface area contributed by atoms with Crippen LogP contribution in [0.2, 0.25) is 0 Å². The molecule has 0 unspecified atom stereocenters. The highest BCUT2D eigenvalue weighted by atomic mass is 35.5. The van der Waals surface area contributed by atoms with Gasteiger partial charge < -0.3 is 4.90 Å². The van der Waals surface area contributed by atoms with Crippen molar-refractivity contribution in [2.75, 3.05) is 19.6 Å². The molecule has 0 rings (SSSR count). The van der Waals surface area contributed by atoms with E-state index in [0.29, 0.717) is 0 Å². The van der Waals surface area contributed by atoms with Gasteiger partial charge in [0, 0.05) is 0 Å². The lowest BCUT2D eigenvalue weighted by Gasteiger charge is -2.16. The number of hydrogen-bond acceptors (Lipinski definition) is 1. The SMILES string of the molecule is C=CCCCN(CC)CC.Cl. The largest absolute Gasteiger partial charge is 0.304 e. The Morgan fingerprint density at radius 1 is 1.27 bits per heavy atom. The first kappa shape index (κ1) is 13.6. The van der Waals surface area contributed by atoms with Crippen LogP contribution in [0.1, 0.15) is 26.7 Å². The Morgan fingerprint density at radius 3 is 2.18 bits per heavy atom. The summed E-state index contributed by atoms with van der Waals surface area (Å²) in [6.07, 6.45) is 4.39. The molecule has 0 saturated carbocycles. The number of hydrogen-bond donors (Lipinski definition) is 0. The first-order valence-corrected chi connectivity index (χ1v) is 4.18. The quantitative estimate of drug-likeness (QED) is 0.446. The summed E-state index contributed by atoms with van der Waals surface area (Å²) in [6.45, 7) is 11.7. The molecular formula is C9H20ClN. The first-order valence-electron chi connectivity index (χ1n) is 4.18. The van der Waals surface area contributed by atoms with E-state index in [1.54, 1.807) is 0 Å². The average Bonchev–Trinajstić information content (AvgIpc) is 1.99. The molecule has 1 nitrogen and oxygen atoms in total. The van der Waals surface area contributed by atoms with Gasteiger partial charge in [0.05, 0.1) is 0 Å². The zero-order valence-electron chi connectivity index (χ0n) is 7.68. The highest BCUT2D eigenvalue weighted by Gasteiger charge is 1.95. The molecule has 0 saturated heterocycles. The Balaban J connectivity index is 0. The summed E-state index contributed by atoms with van der Waals surface area (Å²) in [5.74, 6) is 0. The van der Waals surface area contributed by atoms with Crippen LogP contribution in [-0.4, -0.2) is 24.5 Å². The van der Waals surface area contributed by atoms with Crippen LogP contribution < -0.4 is 0 Å². The van der Waals surface area contributed by atoms with Gasteiger partial charge in [0.1, 0.15) is 0 Å². The van der Waals surface area contributed by atoms with E-state index in [4.69, 9.17) is 0 Å². The highest BCUT2D eigenvalue weighted by Crippen LogP contribution is 1.94. The van der Waals surface area contributed by atoms with Gasteiger partial charge in [-0.2, -0.15) is 0 Å². The van der Waals surface area contributed by atoms with Gasteiger partial charge in [-0.1, -0.05) is 19.9 Å². The number of allylic oxidation sites excluding steroid dienone is 1. The maximum absolute atomic E-state index is 3.69. The molecule has 2 heteroatoms. The lowest BCUT2D eigenvalue weighted by Crippen LogP contribution is -2.23. The molecule has 0 aliphatic rings. The summed E-state index contributed by atoms with van der Waals surface area (Å²) < 4.78 is 0. The number of halogens is 1. The second-order valence-electron chi connectivity index (χ2n) is 2.46. The fraction of sp³-hybridized carbons (Fsp3) is 0.778. The molecule has 0 aromatic carbocycles. The van der Waals surface area contributed by atoms with Crippen molar-refractivity contribution in [3.05, 3.63) is 12.7 Å². The van der Waals surface area contributed by atoms with Gasteiger partial charge in [-0.15, -0.1) is 19.0 Å². The second kappa shape index (κ2) is 9.99. The number of nitrogens with zero attached hydrogens (tertiary/aromatic N) is 1. The van der Waals surface area contributed by atoms with Crippen molar-refractivity contribution in [2.24, 2.45) is 0 Å². The van der Waals surface area contributed by atoms with Gasteiger partial charge in [-0.25, -0.2) is 0 Å². The van der Waals surface area contributed by atoms with Crippen LogP contribution in [0.3, 0.4) is 0 Å². The fourth-order valence-electron chi connectivity index (χ4n) is 0.999. The van der Waals surface area contributed by atoms with Crippen LogP contribution in [-0.2, 0) is 0 Å². The molecular weight excluding hydrogens is 158 g/mol. The summed E-state index contributed by atoms with van der Waals surface area (Å²) >= 11 is 0. The Bertz CT molecular complexity index is 79.6. The van der Waals surface area contributed by atoms with Crippen LogP contribution >= 0.6 is 12.4 Å². The maximum atomic E-state index is 3.69. The summed E-state index contributed by atoms with van der Waals surface area (Å²) in [6, 6.07) is 0. The van der Waals surface area contributed by atoms with Crippen LogP contribution in [0.25, 0.3) is 0 Å². The second-order valence-corrected chi connectivity index (χ2v) is 2.46. The van der Waals surface area contributed by atoms with Crippen molar-refractivity contribution in [3.8, 4) is 0 Å². The fourth-order valence-corrected chi connectivity index (χ4v) is 0.999. The van der Waals surface area contributed by atoms with E-state index in [1.165, 1.54) is 26.1 Å². The molecule has 0 N–H and O–H groups in total. The zero-order chi connectivity index (χ0) is 7.82. The molecule has 0 aromatic rings. The van der Waals surface area contributed by atoms with Crippen LogP contribution in [0.5, 0.6) is 0 Å². The van der Waals surface area contributed by atoms with Crippen molar-refractivity contribution in [1.29, 1.82) is 0 Å². The molecule has 11 heavy (non-hydrogen) atoms. The van der Waals surface area contributed by atoms with E-state index < -0.39 is 0 Å². The molecule has 0 fully saturated rings. The summed E-state index contributed by atoms with van der Waals surface area (Å²) in [5, 5.41) is 0. The van der Waals surface area contributed by atoms with E-state index in [9.17, 15) is 0 Å². The van der Waals surface area contributed by atoms with E-state index >= 15 is 0 Å². The number of unbranched alkanes of at least 4 members (excludes halogenated alkanes) is 1. The normalized spacial score (nSPS) is 9.36. The average molecular weight is 178 g/mol. The van der Waals surface area contributed by atoms with Crippen molar-refractivity contribution in [1.82, 2.24) is 4.90 Å². The molecule has 0 aliphatic carbocycles. The molecule has 68 valence electrons. The standard InChI is InChI=1S/C9H19N.ClH/c1-4-7-8-9-10(5-2)6-3;/h4H,1,5-9H2,2-3H3;1H. The molecule has 0 bridgehead atoms. The van der Waals surface area contributed by atoms with Crippen molar-refractivity contribution < 1.29 is 0 Å². The minimum absolute atomic E-state index is 0. The highest BCUT2D eigenvalue weighted by molar-refractivity contribution is 5.85. The summed E-state index contributed by atoms with van der Waals surface area (Å²) in [4.78, 5) is 2.43. The topological polar surface area (TPSA) is 3.24 Å². The Labute approximate surface area is 76.9 Å². The Hall–Kier alpha value is -0.0100. The lowest BCUT2D eigenvalue weighted by molar-refractivity contribution is 0.301. The van der Waals surface area contributed by atoms with Gasteiger partial charge in [0.2, 0.25) is 0 Å². The predicted molar refractivity (Wildman–Crippen MR) is 54.5 cm³/mol. The molecule has 0 atom stereocenters. The third-order valence-electron chi connectivity index (χ3n) is 1.78. The minimum atomic E-state index is 0. The Morgan fingerprint density at radius 2 is 1.82 bits per heavy atom. The van der Waals surface area contributed by atoms with Crippen LogP contribution in [0.15, 0.2) is 12.7 Å². The monoisotopic (exact) mass is 177 g/mol. The zero-order valence-corrected chi connectivity index (χ0v) is 8.49. The third kappa shape index (κ3) is 7.89. The van der Waals surface area contributed by atoms with Crippen molar-refractivity contribution >= 4 is 12.4 Å². The van der Waals surface area contributed by atoms with Gasteiger partial charge in [-0.3, -0.25) is 0 Å². The third-order valence-corrected chi connectivity index (χ3v) is 1.78. The van der Waals surface area contributed by atoms with Crippen molar-refractivity contribution in [3.63, 3.8) is 0 Å². The summed E-state index contributed by atoms with van der Waals surface area (Å²) in [7, 11) is 0. The van der Waals surface area contributed by atoms with Gasteiger partial charge in [0.25, 0.3) is 0 Å². The van der Waals surface area contributed by atoms with E-state index in [1.807, 2.05) is 6.08 Å². The molecule has 0 aromatic heterocycles. The minimum Gasteiger partial charge on any atom is -0.304 e. The maximum Gasteiger partial charge on any atom is -0.00160 e. The smallest absolute Gasteiger partial charge is 0.00160 e.